The Kier molecular flexibility index (Phi) is 4.41. The van der Waals surface area contributed by atoms with E-state index in [1.807, 2.05) is 30.5 Å². The standard InChI is InChI=1S/C17H18N4O3/c1-11(10-21-16(23)6-7-17(21)24)19-20-15(22)8-12-9-18-14-5-3-2-4-13(12)14/h2-5,9,18H,6-8,10H2,1H3,(H,20,22)/b19-11+. The normalized spacial score (nSPS) is 15.4. The third kappa shape index (κ3) is 3.34. The minimum absolute atomic E-state index is 0.116. The van der Waals surface area contributed by atoms with Crippen molar-refractivity contribution in [2.75, 3.05) is 6.54 Å². The van der Waals surface area contributed by atoms with Gasteiger partial charge in [0.1, 0.15) is 0 Å². The predicted octanol–water partition coefficient (Wildman–Crippen LogP) is 1.35. The minimum atomic E-state index is -0.252. The molecule has 24 heavy (non-hydrogen) atoms. The smallest absolute Gasteiger partial charge is 0.244 e. The summed E-state index contributed by atoms with van der Waals surface area (Å²) in [7, 11) is 0. The van der Waals surface area contributed by atoms with Gasteiger partial charge in [-0.05, 0) is 18.6 Å². The molecule has 1 fully saturated rings. The topological polar surface area (TPSA) is 94.6 Å². The fourth-order valence-corrected chi connectivity index (χ4v) is 2.71. The van der Waals surface area contributed by atoms with Gasteiger partial charge in [0.25, 0.3) is 0 Å². The first-order chi connectivity index (χ1) is 11.5. The zero-order valence-corrected chi connectivity index (χ0v) is 13.3. The molecule has 0 unspecified atom stereocenters. The van der Waals surface area contributed by atoms with Gasteiger partial charge in [-0.2, -0.15) is 5.10 Å². The van der Waals surface area contributed by atoms with Crippen LogP contribution in [-0.4, -0.2) is 39.9 Å². The van der Waals surface area contributed by atoms with E-state index < -0.39 is 0 Å². The highest BCUT2D eigenvalue weighted by molar-refractivity contribution is 6.05. The highest BCUT2D eigenvalue weighted by Gasteiger charge is 2.28. The number of nitrogens with one attached hydrogen (secondary N) is 2. The molecular formula is C17H18N4O3. The number of para-hydroxylation sites is 1. The second kappa shape index (κ2) is 6.66. The molecule has 0 radical (unpaired) electrons. The largest absolute Gasteiger partial charge is 0.361 e. The zero-order chi connectivity index (χ0) is 17.1. The van der Waals surface area contributed by atoms with E-state index in [0.29, 0.717) is 5.71 Å². The lowest BCUT2D eigenvalue weighted by Crippen LogP contribution is -2.34. The summed E-state index contributed by atoms with van der Waals surface area (Å²) < 4.78 is 0. The average Bonchev–Trinajstić information content (AvgIpc) is 3.11. The van der Waals surface area contributed by atoms with Crippen molar-refractivity contribution in [2.45, 2.75) is 26.2 Å². The Bertz CT molecular complexity index is 821. The predicted molar refractivity (Wildman–Crippen MR) is 89.2 cm³/mol. The molecule has 2 aromatic rings. The van der Waals surface area contributed by atoms with Crippen molar-refractivity contribution in [1.82, 2.24) is 15.3 Å². The van der Waals surface area contributed by atoms with Gasteiger partial charge in [-0.3, -0.25) is 19.3 Å². The first kappa shape index (κ1) is 15.9. The number of fused-ring (bicyclic) bond motifs is 1. The van der Waals surface area contributed by atoms with E-state index in [9.17, 15) is 14.4 Å². The van der Waals surface area contributed by atoms with Gasteiger partial charge in [-0.25, -0.2) is 5.43 Å². The lowest BCUT2D eigenvalue weighted by atomic mass is 10.1. The zero-order valence-electron chi connectivity index (χ0n) is 13.3. The van der Waals surface area contributed by atoms with Crippen molar-refractivity contribution in [1.29, 1.82) is 0 Å². The number of likely N-dealkylation sites (tertiary alicyclic amines) is 1. The first-order valence-corrected chi connectivity index (χ1v) is 7.75. The van der Waals surface area contributed by atoms with E-state index >= 15 is 0 Å². The van der Waals surface area contributed by atoms with Crippen LogP contribution in [0.15, 0.2) is 35.6 Å². The molecule has 0 spiro atoms. The molecule has 1 aromatic heterocycles. The summed E-state index contributed by atoms with van der Waals surface area (Å²) in [6.07, 6.45) is 2.50. The Labute approximate surface area is 138 Å². The Balaban J connectivity index is 1.58. The second-order valence-corrected chi connectivity index (χ2v) is 5.79. The van der Waals surface area contributed by atoms with E-state index in [-0.39, 0.29) is 43.5 Å². The number of carbonyl (C=O) groups is 3. The number of aromatic amines is 1. The van der Waals surface area contributed by atoms with Gasteiger partial charge in [0.05, 0.1) is 18.7 Å². The molecule has 0 aliphatic carbocycles. The summed E-state index contributed by atoms with van der Waals surface area (Å²) >= 11 is 0. The van der Waals surface area contributed by atoms with E-state index in [2.05, 4.69) is 15.5 Å². The number of hydrazone groups is 1. The third-order valence-electron chi connectivity index (χ3n) is 3.94. The SMILES string of the molecule is C/C(CN1C(=O)CCC1=O)=N\NC(=O)Cc1c[nH]c2ccccc12. The van der Waals surface area contributed by atoms with Gasteiger partial charge < -0.3 is 4.98 Å². The Morgan fingerprint density at radius 3 is 2.71 bits per heavy atom. The van der Waals surface area contributed by atoms with Gasteiger partial charge in [-0.15, -0.1) is 0 Å². The summed E-state index contributed by atoms with van der Waals surface area (Å²) in [5, 5.41) is 4.98. The molecule has 1 aromatic carbocycles. The molecule has 7 nitrogen and oxygen atoms in total. The molecule has 0 atom stereocenters. The summed E-state index contributed by atoms with van der Waals surface area (Å²) in [6.45, 7) is 1.79. The Morgan fingerprint density at radius 1 is 1.25 bits per heavy atom. The van der Waals surface area contributed by atoms with Gasteiger partial charge in [0, 0.05) is 29.9 Å². The monoisotopic (exact) mass is 326 g/mol. The quantitative estimate of drug-likeness (QED) is 0.493. The van der Waals surface area contributed by atoms with Crippen LogP contribution >= 0.6 is 0 Å². The molecule has 124 valence electrons. The van der Waals surface area contributed by atoms with Crippen molar-refractivity contribution in [3.05, 3.63) is 36.0 Å². The summed E-state index contributed by atoms with van der Waals surface area (Å²) in [6, 6.07) is 7.75. The molecule has 0 saturated carbocycles. The number of benzene rings is 1. The third-order valence-corrected chi connectivity index (χ3v) is 3.94. The fraction of sp³-hybridized carbons (Fsp3) is 0.294. The van der Waals surface area contributed by atoms with Crippen LogP contribution in [-0.2, 0) is 20.8 Å². The maximum absolute atomic E-state index is 12.0. The van der Waals surface area contributed by atoms with Gasteiger partial charge in [-0.1, -0.05) is 18.2 Å². The molecule has 1 aliphatic rings. The van der Waals surface area contributed by atoms with E-state index in [4.69, 9.17) is 0 Å². The number of hydrogen-bond acceptors (Lipinski definition) is 4. The number of nitrogens with zero attached hydrogens (tertiary/aromatic N) is 2. The number of carbonyl (C=O) groups excluding carboxylic acids is 3. The van der Waals surface area contributed by atoms with Gasteiger partial charge in [0.2, 0.25) is 17.7 Å². The van der Waals surface area contributed by atoms with E-state index in [1.54, 1.807) is 6.92 Å². The van der Waals surface area contributed by atoms with Crippen LogP contribution in [0.5, 0.6) is 0 Å². The highest BCUT2D eigenvalue weighted by atomic mass is 16.2. The fourth-order valence-electron chi connectivity index (χ4n) is 2.71. The number of rotatable bonds is 5. The van der Waals surface area contributed by atoms with Crippen LogP contribution in [0.2, 0.25) is 0 Å². The molecule has 3 rings (SSSR count). The Morgan fingerprint density at radius 2 is 1.96 bits per heavy atom. The molecule has 3 amide bonds. The summed E-state index contributed by atoms with van der Waals surface area (Å²) in [5.74, 6) is -0.641. The van der Waals surface area contributed by atoms with Gasteiger partial charge >= 0.3 is 0 Å². The van der Waals surface area contributed by atoms with E-state index in [1.165, 1.54) is 4.90 Å². The average molecular weight is 326 g/mol. The number of imide groups is 1. The number of hydrogen-bond donors (Lipinski definition) is 2. The van der Waals surface area contributed by atoms with Crippen LogP contribution in [0.3, 0.4) is 0 Å². The molecule has 2 N–H and O–H groups in total. The maximum Gasteiger partial charge on any atom is 0.244 e. The lowest BCUT2D eigenvalue weighted by molar-refractivity contribution is -0.137. The van der Waals surface area contributed by atoms with Crippen LogP contribution in [0, 0.1) is 0 Å². The van der Waals surface area contributed by atoms with Crippen LogP contribution in [0.4, 0.5) is 0 Å². The van der Waals surface area contributed by atoms with Crippen LogP contribution < -0.4 is 5.43 Å². The van der Waals surface area contributed by atoms with Crippen molar-refractivity contribution in [3.8, 4) is 0 Å². The molecule has 1 aliphatic heterocycles. The molecule has 1 saturated heterocycles. The van der Waals surface area contributed by atoms with Crippen molar-refractivity contribution in [3.63, 3.8) is 0 Å². The van der Waals surface area contributed by atoms with Crippen molar-refractivity contribution < 1.29 is 14.4 Å². The summed E-state index contributed by atoms with van der Waals surface area (Å²) in [5.41, 5.74) is 4.85. The highest BCUT2D eigenvalue weighted by Crippen LogP contribution is 2.18. The Hall–Kier alpha value is -2.96. The maximum atomic E-state index is 12.0. The second-order valence-electron chi connectivity index (χ2n) is 5.79. The molecular weight excluding hydrogens is 308 g/mol. The molecule has 2 heterocycles. The first-order valence-electron chi connectivity index (χ1n) is 7.75. The van der Waals surface area contributed by atoms with Crippen molar-refractivity contribution >= 4 is 34.3 Å². The van der Waals surface area contributed by atoms with Gasteiger partial charge in [0.15, 0.2) is 0 Å². The van der Waals surface area contributed by atoms with E-state index in [0.717, 1.165) is 16.5 Å². The molecule has 0 bridgehead atoms. The van der Waals surface area contributed by atoms with Crippen LogP contribution in [0.1, 0.15) is 25.3 Å². The lowest BCUT2D eigenvalue weighted by Gasteiger charge is -2.12. The molecule has 7 heteroatoms. The van der Waals surface area contributed by atoms with Crippen LogP contribution in [0.25, 0.3) is 10.9 Å². The number of aromatic nitrogens is 1. The number of H-pyrrole nitrogens is 1. The minimum Gasteiger partial charge on any atom is -0.361 e. The summed E-state index contributed by atoms with van der Waals surface area (Å²) in [4.78, 5) is 39.4. The number of amides is 3. The van der Waals surface area contributed by atoms with Crippen molar-refractivity contribution in [2.24, 2.45) is 5.10 Å².